The number of benzene rings is 1. The van der Waals surface area contributed by atoms with Gasteiger partial charge in [-0.15, -0.1) is 12.4 Å². The Kier molecular flexibility index (Phi) is 7.66. The van der Waals surface area contributed by atoms with Crippen molar-refractivity contribution in [2.24, 2.45) is 11.7 Å². The van der Waals surface area contributed by atoms with Crippen molar-refractivity contribution < 1.29 is 8.42 Å². The van der Waals surface area contributed by atoms with Crippen molar-refractivity contribution >= 4 is 22.4 Å². The zero-order chi connectivity index (χ0) is 14.4. The fourth-order valence-electron chi connectivity index (χ4n) is 2.77. The number of aryl methyl sites for hydroxylation is 1. The van der Waals surface area contributed by atoms with Crippen molar-refractivity contribution in [1.29, 1.82) is 0 Å². The van der Waals surface area contributed by atoms with E-state index in [-0.39, 0.29) is 18.2 Å². The monoisotopic (exact) mass is 332 g/mol. The van der Waals surface area contributed by atoms with Crippen molar-refractivity contribution in [3.05, 3.63) is 35.9 Å². The lowest BCUT2D eigenvalue weighted by atomic mass is 9.96. The minimum Gasteiger partial charge on any atom is -0.330 e. The lowest BCUT2D eigenvalue weighted by Crippen LogP contribution is -2.41. The second-order valence-corrected chi connectivity index (χ2v) is 7.58. The number of halogens is 1. The van der Waals surface area contributed by atoms with Crippen LogP contribution in [0.2, 0.25) is 0 Å². The molecule has 0 saturated carbocycles. The maximum Gasteiger partial charge on any atom is 0.214 e. The molecule has 0 aliphatic carbocycles. The zero-order valence-electron chi connectivity index (χ0n) is 12.3. The molecule has 1 unspecified atom stereocenters. The van der Waals surface area contributed by atoms with Gasteiger partial charge in [-0.2, -0.15) is 0 Å². The summed E-state index contributed by atoms with van der Waals surface area (Å²) < 4.78 is 26.5. The van der Waals surface area contributed by atoms with Crippen LogP contribution in [0.5, 0.6) is 0 Å². The minimum absolute atomic E-state index is 0. The lowest BCUT2D eigenvalue weighted by molar-refractivity contribution is 0.258. The molecule has 0 radical (unpaired) electrons. The number of nitrogens with two attached hydrogens (primary N) is 1. The Labute approximate surface area is 134 Å². The number of nitrogens with zero attached hydrogens (tertiary/aromatic N) is 1. The first-order valence-electron chi connectivity index (χ1n) is 7.33. The molecule has 2 N–H and O–H groups in total. The third-order valence-electron chi connectivity index (χ3n) is 3.94. The maximum absolute atomic E-state index is 12.4. The molecule has 1 heterocycles. The van der Waals surface area contributed by atoms with Crippen LogP contribution in [-0.4, -0.2) is 38.1 Å². The van der Waals surface area contributed by atoms with Crippen molar-refractivity contribution in [3.63, 3.8) is 0 Å². The molecule has 4 nitrogen and oxygen atoms in total. The third-order valence-corrected chi connectivity index (χ3v) is 5.78. The van der Waals surface area contributed by atoms with Gasteiger partial charge in [0.2, 0.25) is 10.0 Å². The Hall–Kier alpha value is -0.620. The van der Waals surface area contributed by atoms with Gasteiger partial charge in [-0.3, -0.25) is 0 Å². The van der Waals surface area contributed by atoms with E-state index in [0.717, 1.165) is 24.8 Å². The van der Waals surface area contributed by atoms with Crippen molar-refractivity contribution in [2.45, 2.75) is 25.7 Å². The molecule has 2 rings (SSSR count). The van der Waals surface area contributed by atoms with Gasteiger partial charge >= 0.3 is 0 Å². The van der Waals surface area contributed by atoms with Crippen LogP contribution < -0.4 is 5.73 Å². The topological polar surface area (TPSA) is 63.4 Å². The summed E-state index contributed by atoms with van der Waals surface area (Å²) in [6.45, 7) is 1.95. The van der Waals surface area contributed by atoms with Crippen LogP contribution in [0.1, 0.15) is 24.8 Å². The van der Waals surface area contributed by atoms with E-state index in [9.17, 15) is 8.42 Å². The first kappa shape index (κ1) is 18.4. The molecule has 0 bridgehead atoms. The Balaban J connectivity index is 0.00000220. The first-order chi connectivity index (χ1) is 9.62. The van der Waals surface area contributed by atoms with Gasteiger partial charge in [-0.05, 0) is 43.7 Å². The summed E-state index contributed by atoms with van der Waals surface area (Å²) in [5.74, 6) is 0.632. The number of sulfonamides is 1. The normalized spacial score (nSPS) is 20.0. The molecule has 1 aliphatic rings. The van der Waals surface area contributed by atoms with Crippen LogP contribution >= 0.6 is 12.4 Å². The SMILES string of the molecule is Cl.NCCC1CCCN(S(=O)(=O)CCc2ccccc2)C1. The molecule has 0 spiro atoms. The average molecular weight is 333 g/mol. The van der Waals surface area contributed by atoms with E-state index in [0.29, 0.717) is 32.0 Å². The number of rotatable bonds is 6. The van der Waals surface area contributed by atoms with Crippen molar-refractivity contribution in [3.8, 4) is 0 Å². The van der Waals surface area contributed by atoms with Gasteiger partial charge in [-0.25, -0.2) is 12.7 Å². The molecule has 120 valence electrons. The predicted molar refractivity (Wildman–Crippen MR) is 89.1 cm³/mol. The maximum atomic E-state index is 12.4. The van der Waals surface area contributed by atoms with E-state index in [4.69, 9.17) is 5.73 Å². The highest BCUT2D eigenvalue weighted by atomic mass is 35.5. The molecule has 1 aliphatic heterocycles. The zero-order valence-corrected chi connectivity index (χ0v) is 13.9. The summed E-state index contributed by atoms with van der Waals surface area (Å²) in [6, 6.07) is 9.78. The number of hydrogen-bond donors (Lipinski definition) is 1. The molecular weight excluding hydrogens is 308 g/mol. The quantitative estimate of drug-likeness (QED) is 0.867. The van der Waals surface area contributed by atoms with Gasteiger partial charge in [0.05, 0.1) is 5.75 Å². The Morgan fingerprint density at radius 3 is 2.62 bits per heavy atom. The molecule has 0 aromatic heterocycles. The van der Waals surface area contributed by atoms with Crippen molar-refractivity contribution in [2.75, 3.05) is 25.4 Å². The van der Waals surface area contributed by atoms with Gasteiger partial charge in [0.15, 0.2) is 0 Å². The lowest BCUT2D eigenvalue weighted by Gasteiger charge is -2.31. The van der Waals surface area contributed by atoms with Gasteiger partial charge in [0.25, 0.3) is 0 Å². The van der Waals surface area contributed by atoms with Crippen LogP contribution in [0.15, 0.2) is 30.3 Å². The molecule has 6 heteroatoms. The summed E-state index contributed by atoms with van der Waals surface area (Å²) in [6.07, 6.45) is 3.56. The standard InChI is InChI=1S/C15H24N2O2S.ClH/c16-10-8-15-7-4-11-17(13-15)20(18,19)12-9-14-5-2-1-3-6-14;/h1-3,5-6,15H,4,7-13,16H2;1H. The summed E-state index contributed by atoms with van der Waals surface area (Å²) in [5, 5.41) is 0. The molecule has 1 fully saturated rings. The van der Waals surface area contributed by atoms with Gasteiger partial charge in [0.1, 0.15) is 0 Å². The molecule has 1 aromatic carbocycles. The van der Waals surface area contributed by atoms with Crippen molar-refractivity contribution in [1.82, 2.24) is 4.31 Å². The fourth-order valence-corrected chi connectivity index (χ4v) is 4.37. The van der Waals surface area contributed by atoms with Gasteiger partial charge in [-0.1, -0.05) is 30.3 Å². The molecule has 1 aromatic rings. The number of hydrogen-bond acceptors (Lipinski definition) is 3. The van der Waals surface area contributed by atoms with E-state index in [1.54, 1.807) is 4.31 Å². The van der Waals surface area contributed by atoms with Gasteiger partial charge < -0.3 is 5.73 Å². The largest absolute Gasteiger partial charge is 0.330 e. The van der Waals surface area contributed by atoms with E-state index < -0.39 is 10.0 Å². The summed E-state index contributed by atoms with van der Waals surface area (Å²) in [7, 11) is -3.14. The highest BCUT2D eigenvalue weighted by molar-refractivity contribution is 7.89. The molecule has 1 atom stereocenters. The highest BCUT2D eigenvalue weighted by Crippen LogP contribution is 2.22. The average Bonchev–Trinajstić information content (AvgIpc) is 2.47. The Morgan fingerprint density at radius 2 is 1.95 bits per heavy atom. The first-order valence-corrected chi connectivity index (χ1v) is 8.94. The van der Waals surface area contributed by atoms with Crippen LogP contribution in [0.4, 0.5) is 0 Å². The minimum atomic E-state index is -3.14. The molecule has 1 saturated heterocycles. The second kappa shape index (κ2) is 8.73. The van der Waals surface area contributed by atoms with E-state index >= 15 is 0 Å². The fraction of sp³-hybridized carbons (Fsp3) is 0.600. The second-order valence-electron chi connectivity index (χ2n) is 5.50. The third kappa shape index (κ3) is 5.58. The van der Waals surface area contributed by atoms with Crippen LogP contribution in [0, 0.1) is 5.92 Å². The van der Waals surface area contributed by atoms with Crippen LogP contribution in [0.3, 0.4) is 0 Å². The molecule has 21 heavy (non-hydrogen) atoms. The van der Waals surface area contributed by atoms with Crippen LogP contribution in [-0.2, 0) is 16.4 Å². The smallest absolute Gasteiger partial charge is 0.214 e. The highest BCUT2D eigenvalue weighted by Gasteiger charge is 2.28. The Bertz CT molecular complexity index is 506. The molecule has 0 amide bonds. The van der Waals surface area contributed by atoms with Gasteiger partial charge in [0, 0.05) is 13.1 Å². The predicted octanol–water partition coefficient (Wildman–Crippen LogP) is 2.04. The summed E-state index contributed by atoms with van der Waals surface area (Å²) in [4.78, 5) is 0. The summed E-state index contributed by atoms with van der Waals surface area (Å²) >= 11 is 0. The van der Waals surface area contributed by atoms with E-state index in [2.05, 4.69) is 0 Å². The van der Waals surface area contributed by atoms with Crippen LogP contribution in [0.25, 0.3) is 0 Å². The number of piperidine rings is 1. The van der Waals surface area contributed by atoms with E-state index in [1.807, 2.05) is 30.3 Å². The summed E-state index contributed by atoms with van der Waals surface area (Å²) in [5.41, 5.74) is 6.66. The molecular formula is C15H25ClN2O2S. The van der Waals surface area contributed by atoms with E-state index in [1.165, 1.54) is 0 Å². The Morgan fingerprint density at radius 1 is 1.24 bits per heavy atom.